The van der Waals surface area contributed by atoms with Gasteiger partial charge in [-0.05, 0) is 12.1 Å². The predicted molar refractivity (Wildman–Crippen MR) is 65.4 cm³/mol. The van der Waals surface area contributed by atoms with Gasteiger partial charge in [-0.1, -0.05) is 6.07 Å². The summed E-state index contributed by atoms with van der Waals surface area (Å²) in [7, 11) is 0. The van der Waals surface area contributed by atoms with Crippen LogP contribution in [0.15, 0.2) is 36.9 Å². The van der Waals surface area contributed by atoms with Crippen molar-refractivity contribution in [3.8, 4) is 0 Å². The molecule has 0 saturated carbocycles. The summed E-state index contributed by atoms with van der Waals surface area (Å²) >= 11 is 0. The van der Waals surface area contributed by atoms with Gasteiger partial charge in [-0.3, -0.25) is 4.98 Å². The number of nitrogens with one attached hydrogen (secondary N) is 1. The molecule has 2 aromatic rings. The van der Waals surface area contributed by atoms with E-state index in [1.165, 1.54) is 12.5 Å². The fourth-order valence-electron chi connectivity index (χ4n) is 1.48. The number of pyridine rings is 1. The zero-order valence-corrected chi connectivity index (χ0v) is 9.58. The number of rotatable bonds is 5. The van der Waals surface area contributed by atoms with E-state index >= 15 is 0 Å². The molecule has 0 bridgehead atoms. The van der Waals surface area contributed by atoms with E-state index in [1.807, 2.05) is 18.2 Å². The lowest BCUT2D eigenvalue weighted by Crippen LogP contribution is -2.12. The SMILES string of the molecule is O=C(O)c1cncnc1NCCc1ccccn1. The van der Waals surface area contributed by atoms with Crippen LogP contribution in [0.4, 0.5) is 5.82 Å². The van der Waals surface area contributed by atoms with Crippen LogP contribution in [0.25, 0.3) is 0 Å². The van der Waals surface area contributed by atoms with Crippen molar-refractivity contribution in [1.29, 1.82) is 0 Å². The molecule has 0 saturated heterocycles. The van der Waals surface area contributed by atoms with Crippen molar-refractivity contribution in [1.82, 2.24) is 15.0 Å². The summed E-state index contributed by atoms with van der Waals surface area (Å²) in [6, 6.07) is 5.68. The smallest absolute Gasteiger partial charge is 0.341 e. The van der Waals surface area contributed by atoms with E-state index in [0.717, 1.165) is 5.69 Å². The Labute approximate surface area is 104 Å². The largest absolute Gasteiger partial charge is 0.477 e. The molecule has 0 fully saturated rings. The first-order valence-electron chi connectivity index (χ1n) is 5.44. The second-order valence-electron chi connectivity index (χ2n) is 3.59. The van der Waals surface area contributed by atoms with Crippen LogP contribution in [0.3, 0.4) is 0 Å². The van der Waals surface area contributed by atoms with Crippen LogP contribution in [0, 0.1) is 0 Å². The topological polar surface area (TPSA) is 88.0 Å². The Hall–Kier alpha value is -2.50. The summed E-state index contributed by atoms with van der Waals surface area (Å²) in [6.45, 7) is 0.564. The van der Waals surface area contributed by atoms with Crippen LogP contribution >= 0.6 is 0 Å². The lowest BCUT2D eigenvalue weighted by Gasteiger charge is -2.07. The highest BCUT2D eigenvalue weighted by atomic mass is 16.4. The van der Waals surface area contributed by atoms with Crippen molar-refractivity contribution >= 4 is 11.8 Å². The van der Waals surface area contributed by atoms with Gasteiger partial charge in [0.15, 0.2) is 0 Å². The Morgan fingerprint density at radius 2 is 2.22 bits per heavy atom. The molecule has 92 valence electrons. The molecule has 0 aromatic carbocycles. The number of hydrogen-bond donors (Lipinski definition) is 2. The number of aromatic carboxylic acids is 1. The molecule has 0 unspecified atom stereocenters. The number of hydrogen-bond acceptors (Lipinski definition) is 5. The molecule has 0 amide bonds. The molecule has 6 heteroatoms. The van der Waals surface area contributed by atoms with E-state index in [4.69, 9.17) is 5.11 Å². The molecule has 0 atom stereocenters. The second-order valence-corrected chi connectivity index (χ2v) is 3.59. The predicted octanol–water partition coefficient (Wildman–Crippen LogP) is 1.22. The van der Waals surface area contributed by atoms with Gasteiger partial charge in [0.2, 0.25) is 0 Å². The van der Waals surface area contributed by atoms with Gasteiger partial charge in [-0.2, -0.15) is 0 Å². The van der Waals surface area contributed by atoms with E-state index in [9.17, 15) is 4.79 Å². The van der Waals surface area contributed by atoms with Gasteiger partial charge < -0.3 is 10.4 Å². The second kappa shape index (κ2) is 5.72. The van der Waals surface area contributed by atoms with Crippen LogP contribution in [-0.4, -0.2) is 32.6 Å². The number of carboxylic acids is 1. The average molecular weight is 244 g/mol. The van der Waals surface area contributed by atoms with Crippen LogP contribution in [-0.2, 0) is 6.42 Å². The van der Waals surface area contributed by atoms with Crippen LogP contribution in [0.1, 0.15) is 16.1 Å². The molecule has 2 aromatic heterocycles. The summed E-state index contributed by atoms with van der Waals surface area (Å²) in [5.41, 5.74) is 1.01. The monoisotopic (exact) mass is 244 g/mol. The molecule has 0 aliphatic carbocycles. The minimum absolute atomic E-state index is 0.0681. The highest BCUT2D eigenvalue weighted by Gasteiger charge is 2.10. The summed E-state index contributed by atoms with van der Waals surface area (Å²) in [6.07, 6.45) is 5.01. The Morgan fingerprint density at radius 1 is 1.33 bits per heavy atom. The third kappa shape index (κ3) is 3.00. The van der Waals surface area contributed by atoms with Crippen molar-refractivity contribution in [2.75, 3.05) is 11.9 Å². The number of aromatic nitrogens is 3. The van der Waals surface area contributed by atoms with E-state index < -0.39 is 5.97 Å². The van der Waals surface area contributed by atoms with Crippen molar-refractivity contribution in [2.45, 2.75) is 6.42 Å². The minimum atomic E-state index is -1.05. The maximum Gasteiger partial charge on any atom is 0.341 e. The van der Waals surface area contributed by atoms with E-state index in [2.05, 4.69) is 20.3 Å². The summed E-state index contributed by atoms with van der Waals surface area (Å²) in [5, 5.41) is 11.9. The fraction of sp³-hybridized carbons (Fsp3) is 0.167. The molecule has 18 heavy (non-hydrogen) atoms. The van der Waals surface area contributed by atoms with Gasteiger partial charge in [0.25, 0.3) is 0 Å². The molecule has 0 radical (unpaired) electrons. The quantitative estimate of drug-likeness (QED) is 0.822. The number of carbonyl (C=O) groups is 1. The maximum atomic E-state index is 10.9. The third-order valence-electron chi connectivity index (χ3n) is 2.34. The Kier molecular flexibility index (Phi) is 3.80. The van der Waals surface area contributed by atoms with Crippen molar-refractivity contribution in [3.63, 3.8) is 0 Å². The third-order valence-corrected chi connectivity index (χ3v) is 2.34. The van der Waals surface area contributed by atoms with Gasteiger partial charge >= 0.3 is 5.97 Å². The Bertz CT molecular complexity index is 531. The standard InChI is InChI=1S/C12H12N4O2/c17-12(18)10-7-13-8-16-11(10)15-6-4-9-3-1-2-5-14-9/h1-3,5,7-8H,4,6H2,(H,17,18)(H,13,15,16). The molecule has 6 nitrogen and oxygen atoms in total. The number of nitrogens with zero attached hydrogens (tertiary/aromatic N) is 3. The summed E-state index contributed by atoms with van der Waals surface area (Å²) in [5.74, 6) is -0.718. The van der Waals surface area contributed by atoms with E-state index in [1.54, 1.807) is 6.20 Å². The summed E-state index contributed by atoms with van der Waals surface area (Å²) < 4.78 is 0. The fourth-order valence-corrected chi connectivity index (χ4v) is 1.48. The first-order valence-corrected chi connectivity index (χ1v) is 5.44. The van der Waals surface area contributed by atoms with Gasteiger partial charge in [0, 0.05) is 31.1 Å². The van der Waals surface area contributed by atoms with Crippen LogP contribution < -0.4 is 5.32 Å². The van der Waals surface area contributed by atoms with E-state index in [0.29, 0.717) is 18.8 Å². The number of anilines is 1. The van der Waals surface area contributed by atoms with Gasteiger partial charge in [0.1, 0.15) is 17.7 Å². The molecule has 2 rings (SSSR count). The zero-order chi connectivity index (χ0) is 12.8. The lowest BCUT2D eigenvalue weighted by molar-refractivity contribution is 0.0697. The van der Waals surface area contributed by atoms with Crippen LogP contribution in [0.5, 0.6) is 0 Å². The molecule has 2 N–H and O–H groups in total. The highest BCUT2D eigenvalue weighted by Crippen LogP contribution is 2.09. The Morgan fingerprint density at radius 3 is 2.94 bits per heavy atom. The van der Waals surface area contributed by atoms with Gasteiger partial charge in [-0.25, -0.2) is 14.8 Å². The molecule has 0 aliphatic rings. The van der Waals surface area contributed by atoms with Crippen LogP contribution in [0.2, 0.25) is 0 Å². The molecular weight excluding hydrogens is 232 g/mol. The minimum Gasteiger partial charge on any atom is -0.477 e. The lowest BCUT2D eigenvalue weighted by atomic mass is 10.2. The first-order chi connectivity index (χ1) is 8.77. The first kappa shape index (κ1) is 12.0. The molecule has 0 spiro atoms. The van der Waals surface area contributed by atoms with E-state index in [-0.39, 0.29) is 5.56 Å². The zero-order valence-electron chi connectivity index (χ0n) is 9.58. The van der Waals surface area contributed by atoms with Crippen molar-refractivity contribution in [2.24, 2.45) is 0 Å². The normalized spacial score (nSPS) is 10.0. The Balaban J connectivity index is 1.97. The maximum absolute atomic E-state index is 10.9. The average Bonchev–Trinajstić information content (AvgIpc) is 2.40. The van der Waals surface area contributed by atoms with Crippen molar-refractivity contribution < 1.29 is 9.90 Å². The molecule has 0 aliphatic heterocycles. The molecule has 2 heterocycles. The number of carboxylic acid groups (broad SMARTS) is 1. The molecular formula is C12H12N4O2. The highest BCUT2D eigenvalue weighted by molar-refractivity contribution is 5.92. The summed E-state index contributed by atoms with van der Waals surface area (Å²) in [4.78, 5) is 22.7. The van der Waals surface area contributed by atoms with Gasteiger partial charge in [0.05, 0.1) is 0 Å². The van der Waals surface area contributed by atoms with Crippen molar-refractivity contribution in [3.05, 3.63) is 48.2 Å². The van der Waals surface area contributed by atoms with Gasteiger partial charge in [-0.15, -0.1) is 0 Å².